The van der Waals surface area contributed by atoms with Crippen LogP contribution in [0, 0.1) is 10.1 Å². The van der Waals surface area contributed by atoms with Crippen LogP contribution in [0.3, 0.4) is 0 Å². The first-order valence-electron chi connectivity index (χ1n) is 6.16. The van der Waals surface area contributed by atoms with Crippen LogP contribution in [0.4, 0.5) is 10.5 Å². The fraction of sp³-hybridized carbons (Fsp3) is 0.231. The predicted octanol–water partition coefficient (Wildman–Crippen LogP) is 2.75. The van der Waals surface area contributed by atoms with Gasteiger partial charge in [-0.3, -0.25) is 24.6 Å². The first-order valence-corrected chi connectivity index (χ1v) is 6.98. The number of amides is 2. The smallest absolute Gasteiger partial charge is 0.311 e. The quantitative estimate of drug-likeness (QED) is 0.521. The van der Waals surface area contributed by atoms with Crippen molar-refractivity contribution in [2.45, 2.75) is 13.3 Å². The Morgan fingerprint density at radius 2 is 2.14 bits per heavy atom. The summed E-state index contributed by atoms with van der Waals surface area (Å²) in [4.78, 5) is 35.1. The SMILES string of the molecule is CCCN1C(=O)S/C(=C\c2ccc(O)c([N+](=O)[O-])c2)C1=O. The summed E-state index contributed by atoms with van der Waals surface area (Å²) in [6, 6.07) is 3.78. The number of phenolic OH excluding ortho intramolecular Hbond substituents is 1. The summed E-state index contributed by atoms with van der Waals surface area (Å²) in [5.41, 5.74) is -0.0713. The molecule has 1 fully saturated rings. The molecule has 2 amide bonds. The normalized spacial score (nSPS) is 16.8. The minimum Gasteiger partial charge on any atom is -0.502 e. The molecule has 1 aliphatic heterocycles. The van der Waals surface area contributed by atoms with Crippen molar-refractivity contribution in [3.8, 4) is 5.75 Å². The van der Waals surface area contributed by atoms with Gasteiger partial charge in [0.25, 0.3) is 11.1 Å². The number of hydrogen-bond donors (Lipinski definition) is 1. The molecular weight excluding hydrogens is 296 g/mol. The summed E-state index contributed by atoms with van der Waals surface area (Å²) in [6.07, 6.45) is 2.07. The molecule has 1 N–H and O–H groups in total. The van der Waals surface area contributed by atoms with E-state index in [0.717, 1.165) is 22.7 Å². The molecule has 0 spiro atoms. The third-order valence-corrected chi connectivity index (χ3v) is 3.72. The lowest BCUT2D eigenvalue weighted by Gasteiger charge is -2.09. The number of phenols is 1. The van der Waals surface area contributed by atoms with E-state index in [4.69, 9.17) is 0 Å². The predicted molar refractivity (Wildman–Crippen MR) is 77.7 cm³/mol. The summed E-state index contributed by atoms with van der Waals surface area (Å²) in [5.74, 6) is -0.848. The molecule has 0 radical (unpaired) electrons. The van der Waals surface area contributed by atoms with Crippen molar-refractivity contribution in [1.29, 1.82) is 0 Å². The van der Waals surface area contributed by atoms with E-state index in [1.54, 1.807) is 0 Å². The van der Waals surface area contributed by atoms with Gasteiger partial charge in [0.15, 0.2) is 5.75 Å². The number of nitro groups is 1. The van der Waals surface area contributed by atoms with Gasteiger partial charge in [0, 0.05) is 12.6 Å². The summed E-state index contributed by atoms with van der Waals surface area (Å²) < 4.78 is 0. The van der Waals surface area contributed by atoms with Gasteiger partial charge in [-0.15, -0.1) is 0 Å². The van der Waals surface area contributed by atoms with Gasteiger partial charge in [0.2, 0.25) is 0 Å². The monoisotopic (exact) mass is 308 g/mol. The number of rotatable bonds is 4. The van der Waals surface area contributed by atoms with Crippen molar-refractivity contribution >= 4 is 34.7 Å². The molecule has 2 rings (SSSR count). The summed E-state index contributed by atoms with van der Waals surface area (Å²) in [7, 11) is 0. The van der Waals surface area contributed by atoms with E-state index in [-0.39, 0.29) is 10.1 Å². The fourth-order valence-corrected chi connectivity index (χ4v) is 2.71. The molecule has 7 nitrogen and oxygen atoms in total. The average Bonchev–Trinajstić information content (AvgIpc) is 2.69. The molecule has 1 aromatic carbocycles. The third-order valence-electron chi connectivity index (χ3n) is 2.81. The first kappa shape index (κ1) is 15.0. The number of thioether (sulfide) groups is 1. The first-order chi connectivity index (χ1) is 9.93. The lowest BCUT2D eigenvalue weighted by molar-refractivity contribution is -0.385. The van der Waals surface area contributed by atoms with E-state index in [0.29, 0.717) is 18.5 Å². The van der Waals surface area contributed by atoms with Crippen LogP contribution in [0.2, 0.25) is 0 Å². The van der Waals surface area contributed by atoms with Gasteiger partial charge in [0.05, 0.1) is 9.83 Å². The van der Waals surface area contributed by atoms with Gasteiger partial charge < -0.3 is 5.11 Å². The third kappa shape index (κ3) is 3.05. The highest BCUT2D eigenvalue weighted by atomic mass is 32.2. The van der Waals surface area contributed by atoms with Gasteiger partial charge in [0.1, 0.15) is 0 Å². The van der Waals surface area contributed by atoms with Crippen LogP contribution in [0.1, 0.15) is 18.9 Å². The van der Waals surface area contributed by atoms with Gasteiger partial charge in [-0.2, -0.15) is 0 Å². The Morgan fingerprint density at radius 1 is 1.43 bits per heavy atom. The van der Waals surface area contributed by atoms with Gasteiger partial charge in [-0.05, 0) is 35.9 Å². The second kappa shape index (κ2) is 5.96. The van der Waals surface area contributed by atoms with Crippen LogP contribution in [0.5, 0.6) is 5.75 Å². The molecule has 0 atom stereocenters. The van der Waals surface area contributed by atoms with Crippen molar-refractivity contribution in [2.75, 3.05) is 6.54 Å². The minimum absolute atomic E-state index is 0.216. The molecule has 110 valence electrons. The van der Waals surface area contributed by atoms with Crippen LogP contribution in [-0.2, 0) is 4.79 Å². The zero-order chi connectivity index (χ0) is 15.6. The number of aromatic hydroxyl groups is 1. The molecule has 0 bridgehead atoms. The Hall–Kier alpha value is -2.35. The van der Waals surface area contributed by atoms with Crippen molar-refractivity contribution in [3.63, 3.8) is 0 Å². The molecule has 1 aromatic rings. The number of benzene rings is 1. The number of nitro benzene ring substituents is 1. The van der Waals surface area contributed by atoms with Gasteiger partial charge >= 0.3 is 5.69 Å². The molecule has 0 aromatic heterocycles. The maximum absolute atomic E-state index is 12.0. The van der Waals surface area contributed by atoms with Gasteiger partial charge in [-0.25, -0.2) is 0 Å². The Labute approximate surface area is 124 Å². The fourth-order valence-electron chi connectivity index (χ4n) is 1.84. The van der Waals surface area contributed by atoms with E-state index in [2.05, 4.69) is 0 Å². The van der Waals surface area contributed by atoms with Crippen LogP contribution in [0.25, 0.3) is 6.08 Å². The average molecular weight is 308 g/mol. The van der Waals surface area contributed by atoms with Crippen LogP contribution < -0.4 is 0 Å². The van der Waals surface area contributed by atoms with E-state index >= 15 is 0 Å². The Bertz CT molecular complexity index is 656. The minimum atomic E-state index is -0.713. The molecule has 21 heavy (non-hydrogen) atoms. The zero-order valence-electron chi connectivity index (χ0n) is 11.1. The molecule has 0 unspecified atom stereocenters. The van der Waals surface area contributed by atoms with E-state index < -0.39 is 22.3 Å². The van der Waals surface area contributed by atoms with Gasteiger partial charge in [-0.1, -0.05) is 13.0 Å². The van der Waals surface area contributed by atoms with Crippen molar-refractivity contribution < 1.29 is 19.6 Å². The number of nitrogens with zero attached hydrogens (tertiary/aromatic N) is 2. The number of imide groups is 1. The summed E-state index contributed by atoms with van der Waals surface area (Å²) in [5, 5.41) is 19.8. The highest BCUT2D eigenvalue weighted by Crippen LogP contribution is 2.34. The molecular formula is C13H12N2O5S. The molecule has 1 saturated heterocycles. The van der Waals surface area contributed by atoms with Crippen molar-refractivity contribution in [1.82, 2.24) is 4.90 Å². The highest BCUT2D eigenvalue weighted by molar-refractivity contribution is 8.18. The van der Waals surface area contributed by atoms with E-state index in [1.807, 2.05) is 6.92 Å². The zero-order valence-corrected chi connectivity index (χ0v) is 11.9. The molecule has 0 aliphatic carbocycles. The van der Waals surface area contributed by atoms with Crippen molar-refractivity contribution in [2.24, 2.45) is 0 Å². The lowest BCUT2D eigenvalue weighted by Crippen LogP contribution is -2.28. The summed E-state index contributed by atoms with van der Waals surface area (Å²) in [6.45, 7) is 2.20. The molecule has 8 heteroatoms. The number of carbonyl (C=O) groups is 2. The molecule has 1 heterocycles. The Morgan fingerprint density at radius 3 is 2.76 bits per heavy atom. The van der Waals surface area contributed by atoms with Crippen LogP contribution in [-0.4, -0.2) is 32.6 Å². The number of carbonyl (C=O) groups excluding carboxylic acids is 2. The summed E-state index contributed by atoms with van der Waals surface area (Å²) >= 11 is 0.801. The Balaban J connectivity index is 2.33. The lowest BCUT2D eigenvalue weighted by atomic mass is 10.1. The highest BCUT2D eigenvalue weighted by Gasteiger charge is 2.34. The van der Waals surface area contributed by atoms with Crippen LogP contribution >= 0.6 is 11.8 Å². The maximum atomic E-state index is 12.0. The second-order valence-electron chi connectivity index (χ2n) is 4.34. The Kier molecular flexibility index (Phi) is 4.27. The van der Waals surface area contributed by atoms with Crippen molar-refractivity contribution in [3.05, 3.63) is 38.8 Å². The topological polar surface area (TPSA) is 101 Å². The largest absolute Gasteiger partial charge is 0.502 e. The maximum Gasteiger partial charge on any atom is 0.311 e. The van der Waals surface area contributed by atoms with E-state index in [9.17, 15) is 24.8 Å². The van der Waals surface area contributed by atoms with Crippen LogP contribution in [0.15, 0.2) is 23.1 Å². The van der Waals surface area contributed by atoms with E-state index in [1.165, 1.54) is 18.2 Å². The molecule has 0 saturated carbocycles. The standard InChI is InChI=1S/C13H12N2O5S/c1-2-5-14-12(17)11(21-13(14)18)7-8-3-4-10(16)9(6-8)15(19)20/h3-4,6-7,16H,2,5H2,1H3/b11-7-. The second-order valence-corrected chi connectivity index (χ2v) is 5.33. The number of hydrogen-bond acceptors (Lipinski definition) is 6. The molecule has 1 aliphatic rings.